The van der Waals surface area contributed by atoms with Crippen molar-refractivity contribution >= 4 is 0 Å². The Bertz CT molecular complexity index is 288. The topological polar surface area (TPSA) is 38.7 Å². The highest BCUT2D eigenvalue weighted by Crippen LogP contribution is 2.25. The van der Waals surface area contributed by atoms with Gasteiger partial charge in [-0.25, -0.2) is 0 Å². The lowest BCUT2D eigenvalue weighted by molar-refractivity contribution is 0.127. The van der Waals surface area contributed by atoms with Crippen LogP contribution in [0.25, 0.3) is 0 Å². The Morgan fingerprint density at radius 1 is 1.05 bits per heavy atom. The third-order valence-electron chi connectivity index (χ3n) is 4.94. The van der Waals surface area contributed by atoms with E-state index in [9.17, 15) is 5.11 Å². The number of unbranched alkanes of at least 4 members (excludes halogenated alkanes) is 1. The van der Waals surface area contributed by atoms with E-state index in [1.54, 1.807) is 0 Å². The number of nitrogens with zero attached hydrogens (tertiary/aromatic N) is 2. The summed E-state index contributed by atoms with van der Waals surface area (Å²) in [6, 6.07) is 0.675. The number of aliphatic hydroxyl groups is 1. The summed E-state index contributed by atoms with van der Waals surface area (Å²) in [6.07, 6.45) is 7.42. The molecule has 4 heteroatoms. The first kappa shape index (κ1) is 17.2. The van der Waals surface area contributed by atoms with Crippen LogP contribution in [-0.4, -0.2) is 72.4 Å². The largest absolute Gasteiger partial charge is 0.394 e. The zero-order chi connectivity index (χ0) is 15.1. The third-order valence-corrected chi connectivity index (χ3v) is 4.94. The molecule has 0 aromatic carbocycles. The van der Waals surface area contributed by atoms with Crippen molar-refractivity contribution in [2.75, 3.05) is 45.9 Å². The first-order valence-corrected chi connectivity index (χ1v) is 8.98. The van der Waals surface area contributed by atoms with Gasteiger partial charge in [-0.3, -0.25) is 0 Å². The van der Waals surface area contributed by atoms with Gasteiger partial charge in [0, 0.05) is 37.8 Å². The molecule has 4 nitrogen and oxygen atoms in total. The monoisotopic (exact) mass is 297 g/mol. The molecule has 0 aromatic rings. The summed E-state index contributed by atoms with van der Waals surface area (Å²) in [5, 5.41) is 13.2. The lowest BCUT2D eigenvalue weighted by Crippen LogP contribution is -2.47. The Balaban J connectivity index is 1.55. The predicted molar refractivity (Wildman–Crippen MR) is 88.7 cm³/mol. The molecule has 0 radical (unpaired) electrons. The molecule has 0 aromatic heterocycles. The van der Waals surface area contributed by atoms with Crippen LogP contribution in [0.3, 0.4) is 0 Å². The third kappa shape index (κ3) is 6.23. The quantitative estimate of drug-likeness (QED) is 0.602. The van der Waals surface area contributed by atoms with Crippen LogP contribution in [0.15, 0.2) is 0 Å². The molecule has 0 amide bonds. The molecule has 2 fully saturated rings. The van der Waals surface area contributed by atoms with Crippen molar-refractivity contribution in [3.63, 3.8) is 0 Å². The second-order valence-electron chi connectivity index (χ2n) is 7.28. The Kier molecular flexibility index (Phi) is 6.93. The number of hydrogen-bond donors (Lipinski definition) is 2. The van der Waals surface area contributed by atoms with E-state index in [1.165, 1.54) is 71.4 Å². The highest BCUT2D eigenvalue weighted by Gasteiger charge is 2.31. The smallest absolute Gasteiger partial charge is 0.0610 e. The van der Waals surface area contributed by atoms with Gasteiger partial charge in [0.1, 0.15) is 0 Å². The molecule has 2 rings (SSSR count). The lowest BCUT2D eigenvalue weighted by atomic mass is 9.95. The van der Waals surface area contributed by atoms with E-state index in [1.807, 2.05) is 0 Å². The zero-order valence-electron chi connectivity index (χ0n) is 14.1. The number of nitrogens with one attached hydrogen (secondary N) is 1. The van der Waals surface area contributed by atoms with Crippen LogP contribution in [0.1, 0.15) is 52.4 Å². The molecule has 2 aliphatic rings. The molecule has 1 unspecified atom stereocenters. The number of rotatable bonds is 10. The van der Waals surface area contributed by atoms with Gasteiger partial charge in [0.05, 0.1) is 6.61 Å². The standard InChI is InChI=1S/C17H35N3O/c1-3-9-19-11-13-20(14-12-19)10-5-4-8-17(2,15-21)18-16-6-7-16/h16,18,21H,3-15H2,1-2H3. The van der Waals surface area contributed by atoms with E-state index in [2.05, 4.69) is 29.0 Å². The molecule has 21 heavy (non-hydrogen) atoms. The van der Waals surface area contributed by atoms with Crippen LogP contribution in [-0.2, 0) is 0 Å². The molecule has 1 saturated carbocycles. The van der Waals surface area contributed by atoms with E-state index < -0.39 is 0 Å². The van der Waals surface area contributed by atoms with Gasteiger partial charge in [-0.2, -0.15) is 0 Å². The minimum Gasteiger partial charge on any atom is -0.394 e. The number of aliphatic hydroxyl groups excluding tert-OH is 1. The van der Waals surface area contributed by atoms with Gasteiger partial charge < -0.3 is 20.2 Å². The van der Waals surface area contributed by atoms with Crippen molar-refractivity contribution in [2.45, 2.75) is 64.0 Å². The van der Waals surface area contributed by atoms with Crippen LogP contribution in [0, 0.1) is 0 Å². The van der Waals surface area contributed by atoms with Gasteiger partial charge in [-0.1, -0.05) is 13.3 Å². The summed E-state index contributed by atoms with van der Waals surface area (Å²) in [4.78, 5) is 5.19. The van der Waals surface area contributed by atoms with Crippen LogP contribution in [0.5, 0.6) is 0 Å². The van der Waals surface area contributed by atoms with Crippen LogP contribution in [0.4, 0.5) is 0 Å². The summed E-state index contributed by atoms with van der Waals surface area (Å²) in [6.45, 7) is 12.1. The fourth-order valence-corrected chi connectivity index (χ4v) is 3.32. The number of piperazine rings is 1. The van der Waals surface area contributed by atoms with Crippen LogP contribution >= 0.6 is 0 Å². The zero-order valence-corrected chi connectivity index (χ0v) is 14.1. The second kappa shape index (κ2) is 8.47. The SMILES string of the molecule is CCCN1CCN(CCCCC(C)(CO)NC2CC2)CC1. The molecular weight excluding hydrogens is 262 g/mol. The van der Waals surface area contributed by atoms with Gasteiger partial charge in [0.2, 0.25) is 0 Å². The Morgan fingerprint density at radius 3 is 2.19 bits per heavy atom. The van der Waals surface area contributed by atoms with Crippen LogP contribution < -0.4 is 5.32 Å². The summed E-state index contributed by atoms with van der Waals surface area (Å²) in [7, 11) is 0. The van der Waals surface area contributed by atoms with E-state index in [-0.39, 0.29) is 12.1 Å². The van der Waals surface area contributed by atoms with Gasteiger partial charge in [-0.15, -0.1) is 0 Å². The molecule has 1 saturated heterocycles. The van der Waals surface area contributed by atoms with Crippen molar-refractivity contribution in [3.05, 3.63) is 0 Å². The summed E-state index contributed by atoms with van der Waals surface area (Å²) in [5.74, 6) is 0. The van der Waals surface area contributed by atoms with E-state index >= 15 is 0 Å². The molecule has 1 heterocycles. The predicted octanol–water partition coefficient (Wildman–Crippen LogP) is 1.69. The highest BCUT2D eigenvalue weighted by molar-refractivity contribution is 4.92. The normalized spacial score (nSPS) is 24.1. The molecule has 1 aliphatic carbocycles. The minimum absolute atomic E-state index is 0.0546. The molecule has 124 valence electrons. The second-order valence-corrected chi connectivity index (χ2v) is 7.28. The van der Waals surface area contributed by atoms with Gasteiger partial charge in [-0.05, 0) is 52.1 Å². The van der Waals surface area contributed by atoms with Gasteiger partial charge >= 0.3 is 0 Å². The van der Waals surface area contributed by atoms with Crippen molar-refractivity contribution < 1.29 is 5.11 Å². The highest BCUT2D eigenvalue weighted by atomic mass is 16.3. The van der Waals surface area contributed by atoms with E-state index in [0.717, 1.165) is 6.42 Å². The fraction of sp³-hybridized carbons (Fsp3) is 1.00. The molecule has 0 bridgehead atoms. The summed E-state index contributed by atoms with van der Waals surface area (Å²) < 4.78 is 0. The molecule has 1 aliphatic heterocycles. The van der Waals surface area contributed by atoms with Crippen molar-refractivity contribution in [2.24, 2.45) is 0 Å². The molecule has 0 spiro atoms. The first-order chi connectivity index (χ1) is 10.1. The lowest BCUT2D eigenvalue weighted by Gasteiger charge is -2.35. The summed E-state index contributed by atoms with van der Waals surface area (Å²) in [5.41, 5.74) is -0.0546. The minimum atomic E-state index is -0.0546. The van der Waals surface area contributed by atoms with Crippen molar-refractivity contribution in [3.8, 4) is 0 Å². The molecule has 1 atom stereocenters. The average molecular weight is 297 g/mol. The number of hydrogen-bond acceptors (Lipinski definition) is 4. The van der Waals surface area contributed by atoms with Gasteiger partial charge in [0.15, 0.2) is 0 Å². The summed E-state index contributed by atoms with van der Waals surface area (Å²) >= 11 is 0. The van der Waals surface area contributed by atoms with Crippen molar-refractivity contribution in [1.29, 1.82) is 0 Å². The Labute approximate surface area is 130 Å². The average Bonchev–Trinajstić information content (AvgIpc) is 3.29. The maximum absolute atomic E-state index is 9.61. The van der Waals surface area contributed by atoms with Crippen LogP contribution in [0.2, 0.25) is 0 Å². The fourth-order valence-electron chi connectivity index (χ4n) is 3.32. The Hall–Kier alpha value is -0.160. The maximum Gasteiger partial charge on any atom is 0.0610 e. The van der Waals surface area contributed by atoms with Crippen molar-refractivity contribution in [1.82, 2.24) is 15.1 Å². The van der Waals surface area contributed by atoms with Gasteiger partial charge in [0.25, 0.3) is 0 Å². The first-order valence-electron chi connectivity index (χ1n) is 8.98. The maximum atomic E-state index is 9.61. The molecular formula is C17H35N3O. The van der Waals surface area contributed by atoms with E-state index in [0.29, 0.717) is 6.04 Å². The van der Waals surface area contributed by atoms with E-state index in [4.69, 9.17) is 0 Å². The Morgan fingerprint density at radius 2 is 1.67 bits per heavy atom. The molecule has 2 N–H and O–H groups in total.